The number of aromatic nitrogens is 6. The molecule has 4 aromatic carbocycles. The van der Waals surface area contributed by atoms with Crippen molar-refractivity contribution in [2.45, 2.75) is 30.6 Å². The van der Waals surface area contributed by atoms with E-state index < -0.39 is 0 Å². The molecule has 0 unspecified atom stereocenters. The van der Waals surface area contributed by atoms with Gasteiger partial charge in [0.15, 0.2) is 10.3 Å². The molecule has 2 aromatic heterocycles. The summed E-state index contributed by atoms with van der Waals surface area (Å²) in [5.41, 5.74) is 5.01. The lowest BCUT2D eigenvalue weighted by molar-refractivity contribution is -0.114. The van der Waals surface area contributed by atoms with Crippen molar-refractivity contribution in [3.63, 3.8) is 0 Å². The molecule has 6 aromatic rings. The van der Waals surface area contributed by atoms with Gasteiger partial charge >= 0.3 is 0 Å². The molecule has 0 bridgehead atoms. The molecule has 0 radical (unpaired) electrons. The number of nitrogens with zero attached hydrogens (tertiary/aromatic N) is 6. The average molecular weight is 721 g/mol. The van der Waals surface area contributed by atoms with Gasteiger partial charge in [-0.1, -0.05) is 72.1 Å². The second kappa shape index (κ2) is 16.4. The van der Waals surface area contributed by atoms with Gasteiger partial charge in [-0.25, -0.2) is 0 Å². The highest BCUT2D eigenvalue weighted by Gasteiger charge is 2.22. The number of benzene rings is 4. The van der Waals surface area contributed by atoms with Crippen LogP contribution in [0.1, 0.15) is 22.8 Å². The van der Waals surface area contributed by atoms with E-state index in [0.29, 0.717) is 44.8 Å². The van der Waals surface area contributed by atoms with E-state index in [1.165, 1.54) is 23.5 Å². The number of anilines is 2. The number of carbonyl (C=O) groups excluding carboxylic acids is 2. The molecule has 12 nitrogen and oxygen atoms in total. The maximum Gasteiger partial charge on any atom is 0.234 e. The Morgan fingerprint density at radius 2 is 1.04 bits per heavy atom. The summed E-state index contributed by atoms with van der Waals surface area (Å²) in [4.78, 5) is 26.1. The van der Waals surface area contributed by atoms with Crippen LogP contribution in [0.15, 0.2) is 107 Å². The Kier molecular flexibility index (Phi) is 11.3. The Bertz CT molecular complexity index is 2010. The van der Waals surface area contributed by atoms with Gasteiger partial charge in [-0.2, -0.15) is 0 Å². The number of thioether (sulfide) groups is 2. The van der Waals surface area contributed by atoms with Crippen molar-refractivity contribution < 1.29 is 19.1 Å². The van der Waals surface area contributed by atoms with E-state index in [4.69, 9.17) is 9.47 Å². The second-order valence-corrected chi connectivity index (χ2v) is 13.3. The molecule has 14 heteroatoms. The minimum atomic E-state index is -0.208. The molecule has 0 aliphatic heterocycles. The van der Waals surface area contributed by atoms with Gasteiger partial charge in [0.2, 0.25) is 11.8 Å². The van der Waals surface area contributed by atoms with Gasteiger partial charge in [0, 0.05) is 11.4 Å². The highest BCUT2D eigenvalue weighted by Crippen LogP contribution is 2.29. The van der Waals surface area contributed by atoms with Crippen molar-refractivity contribution in [3.8, 4) is 22.9 Å². The fraction of sp³-hybridized carbons (Fsp3) is 0.189. The summed E-state index contributed by atoms with van der Waals surface area (Å²) in [6, 6.07) is 30.5. The lowest BCUT2D eigenvalue weighted by Crippen LogP contribution is -2.15. The van der Waals surface area contributed by atoms with E-state index in [1.807, 2.05) is 95.8 Å². The molecule has 0 aliphatic carbocycles. The van der Waals surface area contributed by atoms with Crippen molar-refractivity contribution in [2.75, 3.05) is 36.4 Å². The Morgan fingerprint density at radius 3 is 1.45 bits per heavy atom. The number of hydrogen-bond donors (Lipinski definition) is 2. The molecular formula is C37H36N8O4S2. The van der Waals surface area contributed by atoms with E-state index >= 15 is 0 Å². The van der Waals surface area contributed by atoms with Crippen LogP contribution >= 0.6 is 23.5 Å². The fourth-order valence-corrected chi connectivity index (χ4v) is 6.88. The van der Waals surface area contributed by atoms with Gasteiger partial charge in [-0.3, -0.25) is 18.7 Å². The van der Waals surface area contributed by atoms with Crippen LogP contribution in [-0.4, -0.2) is 67.1 Å². The molecule has 0 saturated heterocycles. The number of ether oxygens (including phenoxy) is 2. The molecular weight excluding hydrogens is 685 g/mol. The number of nitrogens with one attached hydrogen (secondary N) is 2. The molecule has 51 heavy (non-hydrogen) atoms. The zero-order chi connectivity index (χ0) is 35.7. The lowest BCUT2D eigenvalue weighted by atomic mass is 10.2. The monoisotopic (exact) mass is 720 g/mol. The normalized spacial score (nSPS) is 10.9. The summed E-state index contributed by atoms with van der Waals surface area (Å²) in [5.74, 6) is 2.15. The minimum absolute atomic E-state index is 0.0964. The molecule has 0 aliphatic rings. The van der Waals surface area contributed by atoms with E-state index in [0.717, 1.165) is 22.5 Å². The average Bonchev–Trinajstić information content (AvgIpc) is 3.73. The third-order valence-corrected chi connectivity index (χ3v) is 9.52. The first kappa shape index (κ1) is 35.2. The van der Waals surface area contributed by atoms with Crippen LogP contribution in [0.25, 0.3) is 11.4 Å². The van der Waals surface area contributed by atoms with Gasteiger partial charge < -0.3 is 20.1 Å². The summed E-state index contributed by atoms with van der Waals surface area (Å²) in [6.45, 7) is 4.03. The third-order valence-electron chi connectivity index (χ3n) is 7.66. The van der Waals surface area contributed by atoms with Gasteiger partial charge in [0.1, 0.15) is 23.1 Å². The van der Waals surface area contributed by atoms with Crippen molar-refractivity contribution in [1.29, 1.82) is 0 Å². The number of carbonyl (C=O) groups is 2. The fourth-order valence-electron chi connectivity index (χ4n) is 5.34. The van der Waals surface area contributed by atoms with Gasteiger partial charge in [-0.05, 0) is 73.5 Å². The molecule has 2 N–H and O–H groups in total. The Labute approximate surface area is 304 Å². The number of rotatable bonds is 14. The standard InChI is InChI=1S/C37H36N8O4S2/c1-24-11-9-13-26(19-24)44-32(40-42-36(44)50-22-34(46)38-28-15-5-7-17-30(28)48-3)21-33-41-43-37(45(33)27-14-10-12-25(2)20-27)51-23-35(47)39-29-16-6-8-18-31(29)49-4/h5-20H,21-23H2,1-4H3,(H,38,46)(H,39,47). The zero-order valence-electron chi connectivity index (χ0n) is 28.5. The summed E-state index contributed by atoms with van der Waals surface area (Å²) >= 11 is 2.56. The summed E-state index contributed by atoms with van der Waals surface area (Å²) in [7, 11) is 3.13. The molecule has 260 valence electrons. The molecule has 2 heterocycles. The molecule has 0 saturated carbocycles. The largest absolute Gasteiger partial charge is 0.495 e. The number of methoxy groups -OCH3 is 2. The Morgan fingerprint density at radius 1 is 0.608 bits per heavy atom. The quantitative estimate of drug-likeness (QED) is 0.119. The van der Waals surface area contributed by atoms with Crippen LogP contribution in [0, 0.1) is 13.8 Å². The summed E-state index contributed by atoms with van der Waals surface area (Å²) in [6.07, 6.45) is 0.268. The van der Waals surface area contributed by atoms with Gasteiger partial charge in [-0.15, -0.1) is 20.4 Å². The van der Waals surface area contributed by atoms with E-state index in [9.17, 15) is 9.59 Å². The lowest BCUT2D eigenvalue weighted by Gasteiger charge is -2.13. The van der Waals surface area contributed by atoms with Crippen molar-refractivity contribution >= 4 is 46.7 Å². The van der Waals surface area contributed by atoms with E-state index in [-0.39, 0.29) is 29.7 Å². The van der Waals surface area contributed by atoms with Crippen LogP contribution in [-0.2, 0) is 16.0 Å². The maximum absolute atomic E-state index is 13.0. The van der Waals surface area contributed by atoms with Crippen LogP contribution in [0.3, 0.4) is 0 Å². The molecule has 6 rings (SSSR count). The van der Waals surface area contributed by atoms with Crippen LogP contribution in [0.5, 0.6) is 11.5 Å². The van der Waals surface area contributed by atoms with Crippen molar-refractivity contribution in [3.05, 3.63) is 120 Å². The van der Waals surface area contributed by atoms with Crippen LogP contribution in [0.4, 0.5) is 11.4 Å². The summed E-state index contributed by atoms with van der Waals surface area (Å²) < 4.78 is 14.6. The number of para-hydroxylation sites is 4. The van der Waals surface area contributed by atoms with Crippen LogP contribution in [0.2, 0.25) is 0 Å². The first-order valence-electron chi connectivity index (χ1n) is 16.0. The third kappa shape index (κ3) is 8.59. The van der Waals surface area contributed by atoms with Crippen molar-refractivity contribution in [2.24, 2.45) is 0 Å². The molecule has 0 fully saturated rings. The predicted molar refractivity (Wildman–Crippen MR) is 200 cm³/mol. The first-order valence-corrected chi connectivity index (χ1v) is 17.9. The van der Waals surface area contributed by atoms with E-state index in [1.54, 1.807) is 38.5 Å². The molecule has 0 spiro atoms. The maximum atomic E-state index is 13.0. The topological polar surface area (TPSA) is 138 Å². The smallest absolute Gasteiger partial charge is 0.234 e. The van der Waals surface area contributed by atoms with Gasteiger partial charge in [0.25, 0.3) is 0 Å². The summed E-state index contributed by atoms with van der Waals surface area (Å²) in [5, 5.41) is 25.1. The SMILES string of the molecule is COc1ccccc1NC(=O)CSc1nnc(Cc2nnc(SCC(=O)Nc3ccccc3OC)n2-c2cccc(C)c2)n1-c1cccc(C)c1. The molecule has 0 atom stereocenters. The number of hydrogen-bond acceptors (Lipinski definition) is 10. The predicted octanol–water partition coefficient (Wildman–Crippen LogP) is 6.53. The highest BCUT2D eigenvalue weighted by atomic mass is 32.2. The Balaban J connectivity index is 1.27. The van der Waals surface area contributed by atoms with E-state index in [2.05, 4.69) is 31.0 Å². The first-order chi connectivity index (χ1) is 24.8. The number of aryl methyl sites for hydroxylation is 2. The Hall–Kier alpha value is -5.60. The number of amides is 2. The minimum Gasteiger partial charge on any atom is -0.495 e. The highest BCUT2D eigenvalue weighted by molar-refractivity contribution is 8.00. The molecule has 2 amide bonds. The van der Waals surface area contributed by atoms with Crippen molar-refractivity contribution in [1.82, 2.24) is 29.5 Å². The zero-order valence-corrected chi connectivity index (χ0v) is 30.1. The second-order valence-electron chi connectivity index (χ2n) is 11.4. The van der Waals surface area contributed by atoms with Gasteiger partial charge in [0.05, 0.1) is 43.5 Å². The van der Waals surface area contributed by atoms with Crippen LogP contribution < -0.4 is 20.1 Å².